The Kier molecular flexibility index (Phi) is 3.51. The average molecular weight is 278 g/mol. The summed E-state index contributed by atoms with van der Waals surface area (Å²) in [4.78, 5) is 22.8. The van der Waals surface area contributed by atoms with E-state index in [1.807, 2.05) is 0 Å². The molecule has 0 heterocycles. The summed E-state index contributed by atoms with van der Waals surface area (Å²) in [5.41, 5.74) is 0.334. The second-order valence-electron chi connectivity index (χ2n) is 7.48. The molecule has 0 aromatic heterocycles. The van der Waals surface area contributed by atoms with Gasteiger partial charge in [-0.1, -0.05) is 0 Å². The summed E-state index contributed by atoms with van der Waals surface area (Å²) in [5.74, 6) is 2.49. The lowest BCUT2D eigenvalue weighted by Gasteiger charge is -2.59. The van der Waals surface area contributed by atoms with Crippen molar-refractivity contribution < 1.29 is 9.59 Å². The Morgan fingerprint density at radius 2 is 1.60 bits per heavy atom. The molecule has 4 heteroatoms. The van der Waals surface area contributed by atoms with Crippen molar-refractivity contribution in [1.82, 2.24) is 10.6 Å². The quantitative estimate of drug-likeness (QED) is 0.824. The van der Waals surface area contributed by atoms with Gasteiger partial charge in [-0.05, 0) is 68.6 Å². The number of rotatable bonds is 4. The van der Waals surface area contributed by atoms with Crippen LogP contribution in [0.2, 0.25) is 0 Å². The molecule has 0 spiro atoms. The number of amides is 2. The molecule has 0 aromatic carbocycles. The Labute approximate surface area is 121 Å². The van der Waals surface area contributed by atoms with Crippen molar-refractivity contribution in [3.63, 3.8) is 0 Å². The lowest BCUT2D eigenvalue weighted by Crippen LogP contribution is -2.56. The van der Waals surface area contributed by atoms with Crippen LogP contribution in [0.5, 0.6) is 0 Å². The summed E-state index contributed by atoms with van der Waals surface area (Å²) in [5, 5.41) is 5.71. The fourth-order valence-corrected chi connectivity index (χ4v) is 5.36. The third kappa shape index (κ3) is 2.57. The van der Waals surface area contributed by atoms with E-state index in [1.165, 1.54) is 45.4 Å². The summed E-state index contributed by atoms with van der Waals surface area (Å²) in [6.45, 7) is 3.71. The van der Waals surface area contributed by atoms with Crippen LogP contribution in [-0.2, 0) is 9.59 Å². The third-order valence-electron chi connectivity index (χ3n) is 5.88. The van der Waals surface area contributed by atoms with Gasteiger partial charge in [0.2, 0.25) is 11.8 Å². The van der Waals surface area contributed by atoms with Crippen LogP contribution in [0.4, 0.5) is 0 Å². The van der Waals surface area contributed by atoms with Crippen LogP contribution in [0.25, 0.3) is 0 Å². The topological polar surface area (TPSA) is 58.2 Å². The number of hydrogen-bond donors (Lipinski definition) is 2. The van der Waals surface area contributed by atoms with Crippen LogP contribution in [0.1, 0.15) is 52.4 Å². The van der Waals surface area contributed by atoms with Gasteiger partial charge in [0.25, 0.3) is 0 Å². The molecular weight excluding hydrogens is 252 g/mol. The molecule has 0 aromatic rings. The molecule has 1 unspecified atom stereocenters. The molecule has 4 aliphatic rings. The van der Waals surface area contributed by atoms with Crippen LogP contribution in [0.3, 0.4) is 0 Å². The molecule has 4 fully saturated rings. The Bertz CT molecular complexity index is 383. The van der Waals surface area contributed by atoms with Crippen molar-refractivity contribution in [2.45, 2.75) is 58.4 Å². The normalized spacial score (nSPS) is 39.4. The maximum absolute atomic E-state index is 11.9. The molecule has 112 valence electrons. The molecule has 4 aliphatic carbocycles. The van der Waals surface area contributed by atoms with Crippen LogP contribution in [0.15, 0.2) is 0 Å². The van der Waals surface area contributed by atoms with E-state index in [-0.39, 0.29) is 24.4 Å². The van der Waals surface area contributed by atoms with Gasteiger partial charge in [-0.15, -0.1) is 0 Å². The molecule has 4 nitrogen and oxygen atoms in total. The summed E-state index contributed by atoms with van der Waals surface area (Å²) >= 11 is 0. The highest BCUT2D eigenvalue weighted by atomic mass is 16.2. The van der Waals surface area contributed by atoms with Crippen molar-refractivity contribution in [2.75, 3.05) is 6.54 Å². The highest BCUT2D eigenvalue weighted by molar-refractivity contribution is 5.83. The minimum Gasteiger partial charge on any atom is -0.352 e. The highest BCUT2D eigenvalue weighted by Gasteiger charge is 2.53. The second-order valence-corrected chi connectivity index (χ2v) is 7.48. The number of carbonyl (C=O) groups is 2. The minimum absolute atomic E-state index is 0.0524. The van der Waals surface area contributed by atoms with Gasteiger partial charge in [-0.2, -0.15) is 0 Å². The molecule has 2 amide bonds. The van der Waals surface area contributed by atoms with Crippen molar-refractivity contribution >= 4 is 11.8 Å². The summed E-state index contributed by atoms with van der Waals surface area (Å²) in [7, 11) is 0. The maximum Gasteiger partial charge on any atom is 0.239 e. The zero-order valence-electron chi connectivity index (χ0n) is 12.6. The SMILES string of the molecule is CC(=O)NCC(=O)NC(C)C12CC3CC(CC(C3)C1)C2. The summed E-state index contributed by atoms with van der Waals surface area (Å²) in [6.07, 6.45) is 8.14. The van der Waals surface area contributed by atoms with E-state index >= 15 is 0 Å². The molecule has 0 saturated heterocycles. The second kappa shape index (κ2) is 5.05. The van der Waals surface area contributed by atoms with Crippen molar-refractivity contribution in [1.29, 1.82) is 0 Å². The molecule has 20 heavy (non-hydrogen) atoms. The molecule has 4 rings (SSSR count). The zero-order valence-corrected chi connectivity index (χ0v) is 12.6. The Morgan fingerprint density at radius 3 is 2.05 bits per heavy atom. The molecule has 0 radical (unpaired) electrons. The predicted octanol–water partition coefficient (Wildman–Crippen LogP) is 1.84. The first-order chi connectivity index (χ1) is 9.47. The van der Waals surface area contributed by atoms with E-state index in [4.69, 9.17) is 0 Å². The van der Waals surface area contributed by atoms with E-state index in [1.54, 1.807) is 0 Å². The van der Waals surface area contributed by atoms with E-state index in [0.29, 0.717) is 5.41 Å². The number of hydrogen-bond acceptors (Lipinski definition) is 2. The smallest absolute Gasteiger partial charge is 0.239 e. The van der Waals surface area contributed by atoms with Gasteiger partial charge in [0, 0.05) is 13.0 Å². The van der Waals surface area contributed by atoms with E-state index in [0.717, 1.165) is 17.8 Å². The van der Waals surface area contributed by atoms with Crippen molar-refractivity contribution in [2.24, 2.45) is 23.2 Å². The third-order valence-corrected chi connectivity index (χ3v) is 5.88. The van der Waals surface area contributed by atoms with Crippen LogP contribution >= 0.6 is 0 Å². The fourth-order valence-electron chi connectivity index (χ4n) is 5.36. The van der Waals surface area contributed by atoms with Gasteiger partial charge >= 0.3 is 0 Å². The van der Waals surface area contributed by atoms with Gasteiger partial charge < -0.3 is 10.6 Å². The first kappa shape index (κ1) is 13.9. The monoisotopic (exact) mass is 278 g/mol. The van der Waals surface area contributed by atoms with Gasteiger partial charge in [-0.3, -0.25) is 9.59 Å². The standard InChI is InChI=1S/C16H26N2O2/c1-10(18-15(20)9-17-11(2)19)16-6-12-3-13(7-16)5-14(4-12)8-16/h10,12-14H,3-9H2,1-2H3,(H,17,19)(H,18,20). The fraction of sp³-hybridized carbons (Fsp3) is 0.875. The Hall–Kier alpha value is -1.06. The zero-order chi connectivity index (χ0) is 14.3. The molecule has 1 atom stereocenters. The first-order valence-electron chi connectivity index (χ1n) is 8.00. The van der Waals surface area contributed by atoms with Gasteiger partial charge in [-0.25, -0.2) is 0 Å². The Balaban J connectivity index is 1.60. The predicted molar refractivity (Wildman–Crippen MR) is 76.9 cm³/mol. The van der Waals surface area contributed by atoms with Gasteiger partial charge in [0.15, 0.2) is 0 Å². The molecular formula is C16H26N2O2. The molecule has 4 bridgehead atoms. The van der Waals surface area contributed by atoms with Crippen molar-refractivity contribution in [3.05, 3.63) is 0 Å². The molecule has 0 aliphatic heterocycles. The van der Waals surface area contributed by atoms with Gasteiger partial charge in [0.05, 0.1) is 6.54 Å². The lowest BCUT2D eigenvalue weighted by molar-refractivity contribution is -0.128. The van der Waals surface area contributed by atoms with Gasteiger partial charge in [0.1, 0.15) is 0 Å². The largest absolute Gasteiger partial charge is 0.352 e. The number of carbonyl (C=O) groups excluding carboxylic acids is 2. The minimum atomic E-state index is -0.150. The molecule has 4 saturated carbocycles. The average Bonchev–Trinajstić information content (AvgIpc) is 2.34. The Morgan fingerprint density at radius 1 is 1.10 bits per heavy atom. The van der Waals surface area contributed by atoms with Crippen LogP contribution in [-0.4, -0.2) is 24.4 Å². The first-order valence-corrected chi connectivity index (χ1v) is 8.00. The highest BCUT2D eigenvalue weighted by Crippen LogP contribution is 2.61. The maximum atomic E-state index is 11.9. The van der Waals surface area contributed by atoms with E-state index in [2.05, 4.69) is 17.6 Å². The van der Waals surface area contributed by atoms with E-state index < -0.39 is 0 Å². The number of nitrogens with one attached hydrogen (secondary N) is 2. The van der Waals surface area contributed by atoms with Crippen molar-refractivity contribution in [3.8, 4) is 0 Å². The van der Waals surface area contributed by atoms with Crippen LogP contribution in [0, 0.1) is 23.2 Å². The van der Waals surface area contributed by atoms with E-state index in [9.17, 15) is 9.59 Å². The lowest BCUT2D eigenvalue weighted by atomic mass is 9.48. The summed E-state index contributed by atoms with van der Waals surface area (Å²) in [6, 6.07) is 0.233. The van der Waals surface area contributed by atoms with Crippen LogP contribution < -0.4 is 10.6 Å². The molecule has 2 N–H and O–H groups in total. The summed E-state index contributed by atoms with van der Waals surface area (Å²) < 4.78 is 0.